The smallest absolute Gasteiger partial charge is 0.203 e. The molecule has 0 saturated carbocycles. The highest BCUT2D eigenvalue weighted by Crippen LogP contribution is 2.41. The molecule has 2 aliphatic rings. The van der Waals surface area contributed by atoms with Crippen LogP contribution in [0.5, 0.6) is 69.0 Å². The van der Waals surface area contributed by atoms with Gasteiger partial charge in [0.25, 0.3) is 0 Å². The Balaban J connectivity index is 0.000000317. The van der Waals surface area contributed by atoms with Crippen molar-refractivity contribution >= 4 is 0 Å². The average molecular weight is 1970 g/mol. The lowest BCUT2D eigenvalue weighted by Crippen LogP contribution is -2.22. The molecule has 8 aromatic rings. The first-order valence-electron chi connectivity index (χ1n) is 51.3. The predicted octanol–water partition coefficient (Wildman–Crippen LogP) is 23.0. The van der Waals surface area contributed by atoms with Crippen LogP contribution in [-0.4, -0.2) is 213 Å². The van der Waals surface area contributed by atoms with Crippen LogP contribution in [0, 0.1) is 0 Å². The van der Waals surface area contributed by atoms with Crippen molar-refractivity contribution in [3.63, 3.8) is 0 Å². The summed E-state index contributed by atoms with van der Waals surface area (Å²) in [5, 5.41) is 7.13. The fourth-order valence-corrected chi connectivity index (χ4v) is 15.3. The third-order valence-electron chi connectivity index (χ3n) is 23.1. The van der Waals surface area contributed by atoms with Gasteiger partial charge >= 0.3 is 0 Å². The summed E-state index contributed by atoms with van der Waals surface area (Å²) < 4.78 is 141. The van der Waals surface area contributed by atoms with Crippen molar-refractivity contribution in [2.24, 2.45) is 0 Å². The summed E-state index contributed by atoms with van der Waals surface area (Å²) in [6.07, 6.45) is 30.1. The van der Waals surface area contributed by atoms with Crippen LogP contribution in [0.15, 0.2) is 208 Å². The Morgan fingerprint density at radius 1 is 0.254 bits per heavy atom. The predicted molar refractivity (Wildman–Crippen MR) is 559 cm³/mol. The minimum atomic E-state index is -0.0171. The zero-order valence-electron chi connectivity index (χ0n) is 85.3. The van der Waals surface area contributed by atoms with Gasteiger partial charge in [0.1, 0.15) is 51.1 Å². The van der Waals surface area contributed by atoms with Crippen LogP contribution in [-0.2, 0) is 96.2 Å². The Labute approximate surface area is 846 Å². The Morgan fingerprint density at radius 3 is 0.831 bits per heavy atom. The van der Waals surface area contributed by atoms with Gasteiger partial charge in [-0.15, -0.1) is 26.3 Å². The Bertz CT molecular complexity index is 4280. The number of methoxy groups -OCH3 is 4. The van der Waals surface area contributed by atoms with Crippen molar-refractivity contribution in [3.05, 3.63) is 242 Å². The maximum absolute atomic E-state index is 6.22. The molecule has 0 aliphatic carbocycles. The third-order valence-corrected chi connectivity index (χ3v) is 23.1. The van der Waals surface area contributed by atoms with E-state index in [0.717, 1.165) is 211 Å². The molecule has 26 heteroatoms. The van der Waals surface area contributed by atoms with Crippen LogP contribution < -0.4 is 67.5 Å². The number of hydrogen-bond donors (Lipinski definition) is 2. The van der Waals surface area contributed by atoms with Gasteiger partial charge in [-0.25, -0.2) is 0 Å². The number of unbranched alkanes of at least 4 members (excludes halogenated alkanes) is 10. The molecule has 10 rings (SSSR count). The molecule has 8 aromatic carbocycles. The number of nitrogens with one attached hydrogen (secondary N) is 2. The van der Waals surface area contributed by atoms with E-state index in [1.807, 2.05) is 109 Å². The Kier molecular flexibility index (Phi) is 60.6. The molecule has 26 nitrogen and oxygen atoms in total. The van der Waals surface area contributed by atoms with Gasteiger partial charge in [-0.2, -0.15) is 0 Å². The van der Waals surface area contributed by atoms with Gasteiger partial charge in [0.15, 0.2) is 58.6 Å². The number of allylic oxidation sites excluding steroid dienone is 4. The lowest BCUT2D eigenvalue weighted by atomic mass is 10.0. The fraction of sp³-hybridized carbons (Fsp3) is 0.517. The normalized spacial score (nSPS) is 13.4. The maximum atomic E-state index is 6.22. The highest BCUT2D eigenvalue weighted by molar-refractivity contribution is 5.66. The summed E-state index contributed by atoms with van der Waals surface area (Å²) in [5.74, 6) is 7.98. The van der Waals surface area contributed by atoms with Crippen LogP contribution in [0.3, 0.4) is 0 Å². The second-order valence-electron chi connectivity index (χ2n) is 34.3. The van der Waals surface area contributed by atoms with E-state index in [0.29, 0.717) is 242 Å². The number of ether oxygens (including phenoxy) is 24. The molecule has 2 fully saturated rings. The first-order valence-corrected chi connectivity index (χ1v) is 51.3. The van der Waals surface area contributed by atoms with E-state index in [1.165, 1.54) is 24.0 Å². The first kappa shape index (κ1) is 115. The van der Waals surface area contributed by atoms with Gasteiger partial charge in [0.2, 0.25) is 11.5 Å². The van der Waals surface area contributed by atoms with Crippen LogP contribution in [0.4, 0.5) is 0 Å². The van der Waals surface area contributed by atoms with E-state index in [2.05, 4.69) is 110 Å². The van der Waals surface area contributed by atoms with Crippen LogP contribution in [0.25, 0.3) is 22.3 Å². The molecular formula is C116H162N2O24. The zero-order valence-corrected chi connectivity index (χ0v) is 85.3. The van der Waals surface area contributed by atoms with Crippen molar-refractivity contribution in [1.82, 2.24) is 10.6 Å². The topological polar surface area (TPSA) is 246 Å². The summed E-state index contributed by atoms with van der Waals surface area (Å²) in [7, 11) is 6.65. The van der Waals surface area contributed by atoms with Crippen molar-refractivity contribution < 1.29 is 114 Å². The highest BCUT2D eigenvalue weighted by atomic mass is 16.7. The molecular weight excluding hydrogens is 1810 g/mol. The third kappa shape index (κ3) is 48.0. The van der Waals surface area contributed by atoms with Gasteiger partial charge in [-0.3, -0.25) is 0 Å². The summed E-state index contributed by atoms with van der Waals surface area (Å²) in [5.41, 5.74) is 10.8. The Hall–Kier alpha value is -10.2. The van der Waals surface area contributed by atoms with E-state index in [1.54, 1.807) is 28.4 Å². The molecule has 780 valence electrons. The highest BCUT2D eigenvalue weighted by Gasteiger charge is 2.21. The molecule has 2 saturated heterocycles. The molecule has 2 unspecified atom stereocenters. The van der Waals surface area contributed by atoms with Crippen molar-refractivity contribution in [2.45, 2.75) is 193 Å². The van der Waals surface area contributed by atoms with Crippen molar-refractivity contribution in [1.29, 1.82) is 0 Å². The largest absolute Gasteiger partial charge is 0.493 e. The molecule has 0 spiro atoms. The maximum Gasteiger partial charge on any atom is 0.203 e. The van der Waals surface area contributed by atoms with Gasteiger partial charge in [0, 0.05) is 79.0 Å². The second-order valence-corrected chi connectivity index (χ2v) is 34.3. The van der Waals surface area contributed by atoms with Crippen LogP contribution in [0.1, 0.15) is 175 Å². The van der Waals surface area contributed by atoms with Crippen LogP contribution >= 0.6 is 0 Å². The summed E-state index contributed by atoms with van der Waals surface area (Å²) in [6, 6.07) is 53.3. The fourth-order valence-electron chi connectivity index (χ4n) is 15.3. The molecule has 2 atom stereocenters. The Morgan fingerprint density at radius 2 is 0.528 bits per heavy atom. The van der Waals surface area contributed by atoms with E-state index in [9.17, 15) is 0 Å². The molecule has 0 radical (unpaired) electrons. The number of hydrogen-bond acceptors (Lipinski definition) is 26. The zero-order chi connectivity index (χ0) is 99.6. The molecule has 2 N–H and O–H groups in total. The lowest BCUT2D eigenvalue weighted by Gasteiger charge is -2.22. The van der Waals surface area contributed by atoms with Gasteiger partial charge < -0.3 is 124 Å². The van der Waals surface area contributed by atoms with Gasteiger partial charge in [-0.05, 0) is 257 Å². The SMILES string of the molecule is C=CCCCOCCOCCOc1ccc(COc2ccc(-c3ccc(CNCc4cc(OC)c(OCCCCCCOC5CCCCO5)c(OC)c4)cc3)cc2)cc1OCCOCCOCCCC=C.C=CCCCOCCOCCOc1ccc(COc2ccc(-c3ccc(CNCc4cc(OC)c(OCCCCCCOC5CCCCO5)c(OC)c4)cc3)cc2)cc1OCCOCCOCCCC=C. The quantitative estimate of drug-likeness (QED) is 0.0266. The van der Waals surface area contributed by atoms with Gasteiger partial charge in [-0.1, -0.05) is 122 Å². The number of benzene rings is 8. The lowest BCUT2D eigenvalue weighted by molar-refractivity contribution is -0.163. The molecule has 2 heterocycles. The standard InChI is InChI=1S/2C58H81NO12/c2*1-5-7-12-28-62-33-35-64-37-39-66-53-27-20-48(41-54(53)67-40-38-65-36-34-63-29-13-8-6-2)46-71-52-25-23-51(24-26-52)50-21-18-47(19-22-50)44-59-45-49-42-55(60-3)58(56(43-49)61-4)70-32-15-10-9-14-30-68-57-17-11-16-31-69-57/h2*5-6,18-27,41-43,57,59H,1-2,7-17,28-40,44-46H2,3-4H3. The second kappa shape index (κ2) is 74.6. The van der Waals surface area contributed by atoms with Gasteiger partial charge in [0.05, 0.1) is 121 Å². The number of rotatable bonds is 82. The van der Waals surface area contributed by atoms with Crippen molar-refractivity contribution in [2.75, 3.05) is 200 Å². The molecule has 0 amide bonds. The monoisotopic (exact) mass is 1970 g/mol. The summed E-state index contributed by atoms with van der Waals surface area (Å²) >= 11 is 0. The van der Waals surface area contributed by atoms with Crippen molar-refractivity contribution in [3.8, 4) is 91.2 Å². The minimum Gasteiger partial charge on any atom is -0.493 e. The summed E-state index contributed by atoms with van der Waals surface area (Å²) in [6.45, 7) is 32.9. The summed E-state index contributed by atoms with van der Waals surface area (Å²) in [4.78, 5) is 0. The van der Waals surface area contributed by atoms with E-state index >= 15 is 0 Å². The molecule has 142 heavy (non-hydrogen) atoms. The van der Waals surface area contributed by atoms with E-state index in [-0.39, 0.29) is 12.6 Å². The molecule has 2 aliphatic heterocycles. The molecule has 0 aromatic heterocycles. The minimum absolute atomic E-state index is 0.0171. The molecule has 0 bridgehead atoms. The van der Waals surface area contributed by atoms with Crippen LogP contribution in [0.2, 0.25) is 0 Å². The first-order chi connectivity index (χ1) is 70.2. The average Bonchev–Trinajstić information content (AvgIpc) is 0.806. The van der Waals surface area contributed by atoms with E-state index in [4.69, 9.17) is 114 Å². The van der Waals surface area contributed by atoms with E-state index < -0.39 is 0 Å².